The smallest absolute Gasteiger partial charge is 0.341 e. The third-order valence-electron chi connectivity index (χ3n) is 3.03. The van der Waals surface area contributed by atoms with E-state index in [1.807, 2.05) is 6.92 Å². The summed E-state index contributed by atoms with van der Waals surface area (Å²) in [5, 5.41) is 0. The summed E-state index contributed by atoms with van der Waals surface area (Å²) in [7, 11) is 0. The maximum Gasteiger partial charge on any atom is 0.341 e. The molecule has 0 aliphatic carbocycles. The zero-order valence-electron chi connectivity index (χ0n) is 10.5. The molecule has 19 heavy (non-hydrogen) atoms. The van der Waals surface area contributed by atoms with Crippen LogP contribution in [0.3, 0.4) is 0 Å². The van der Waals surface area contributed by atoms with Crippen LogP contribution >= 0.6 is 0 Å². The maximum atomic E-state index is 13.5. The van der Waals surface area contributed by atoms with Gasteiger partial charge in [-0.25, -0.2) is 13.6 Å². The van der Waals surface area contributed by atoms with Gasteiger partial charge in [0.25, 0.3) is 0 Å². The second-order valence-corrected chi connectivity index (χ2v) is 4.60. The topological polar surface area (TPSA) is 61.5 Å². The van der Waals surface area contributed by atoms with Gasteiger partial charge in [0.05, 0.1) is 23.5 Å². The highest BCUT2D eigenvalue weighted by Crippen LogP contribution is 2.21. The Bertz CT molecular complexity index is 493. The van der Waals surface area contributed by atoms with Gasteiger partial charge in [-0.15, -0.1) is 0 Å². The summed E-state index contributed by atoms with van der Waals surface area (Å²) < 4.78 is 37.0. The van der Waals surface area contributed by atoms with Crippen LogP contribution in [0.25, 0.3) is 0 Å². The van der Waals surface area contributed by atoms with Crippen molar-refractivity contribution in [2.24, 2.45) is 0 Å². The summed E-state index contributed by atoms with van der Waals surface area (Å²) in [4.78, 5) is 11.6. The van der Waals surface area contributed by atoms with Crippen LogP contribution in [0, 0.1) is 11.6 Å². The van der Waals surface area contributed by atoms with Gasteiger partial charge in [0.2, 0.25) is 0 Å². The molecular formula is C13H15F2NO3. The third kappa shape index (κ3) is 3.20. The quantitative estimate of drug-likeness (QED) is 0.676. The van der Waals surface area contributed by atoms with Crippen molar-refractivity contribution in [3.8, 4) is 0 Å². The van der Waals surface area contributed by atoms with Crippen LogP contribution in [0.1, 0.15) is 30.1 Å². The average molecular weight is 271 g/mol. The molecule has 1 aliphatic rings. The lowest BCUT2D eigenvalue weighted by Gasteiger charge is -2.12. The number of esters is 1. The Morgan fingerprint density at radius 2 is 2.16 bits per heavy atom. The van der Waals surface area contributed by atoms with Crippen molar-refractivity contribution < 1.29 is 23.0 Å². The number of benzene rings is 1. The number of halogens is 2. The molecule has 1 fully saturated rings. The van der Waals surface area contributed by atoms with Crippen LogP contribution < -0.4 is 5.73 Å². The van der Waals surface area contributed by atoms with Gasteiger partial charge in [0.15, 0.2) is 0 Å². The van der Waals surface area contributed by atoms with E-state index in [9.17, 15) is 13.6 Å². The second-order valence-electron chi connectivity index (χ2n) is 4.60. The monoisotopic (exact) mass is 271 g/mol. The van der Waals surface area contributed by atoms with E-state index < -0.39 is 23.2 Å². The first-order valence-corrected chi connectivity index (χ1v) is 6.04. The molecule has 6 heteroatoms. The van der Waals surface area contributed by atoms with Crippen molar-refractivity contribution in [3.63, 3.8) is 0 Å². The fraction of sp³-hybridized carbons (Fsp3) is 0.462. The third-order valence-corrected chi connectivity index (χ3v) is 3.03. The Hall–Kier alpha value is -1.69. The molecule has 0 radical (unpaired) electrons. The molecule has 0 amide bonds. The summed E-state index contributed by atoms with van der Waals surface area (Å²) in [6, 6.07) is 1.51. The van der Waals surface area contributed by atoms with E-state index >= 15 is 0 Å². The van der Waals surface area contributed by atoms with Crippen molar-refractivity contribution in [1.29, 1.82) is 0 Å². The van der Waals surface area contributed by atoms with E-state index in [0.29, 0.717) is 0 Å². The first kappa shape index (κ1) is 13.7. The van der Waals surface area contributed by atoms with E-state index in [4.69, 9.17) is 15.2 Å². The molecule has 0 aromatic heterocycles. The van der Waals surface area contributed by atoms with Crippen molar-refractivity contribution >= 4 is 11.7 Å². The zero-order chi connectivity index (χ0) is 14.0. The number of nitrogens with two attached hydrogens (primary N) is 1. The number of hydrogen-bond acceptors (Lipinski definition) is 4. The highest BCUT2D eigenvalue weighted by Gasteiger charge is 2.24. The van der Waals surface area contributed by atoms with Crippen LogP contribution in [0.5, 0.6) is 0 Å². The summed E-state index contributed by atoms with van der Waals surface area (Å²) in [6.07, 6.45) is 1.63. The highest BCUT2D eigenvalue weighted by molar-refractivity contribution is 5.90. The summed E-state index contributed by atoms with van der Waals surface area (Å²) in [6.45, 7) is 1.96. The molecule has 104 valence electrons. The lowest BCUT2D eigenvalue weighted by atomic mass is 10.2. The molecule has 2 atom stereocenters. The molecule has 0 bridgehead atoms. The molecule has 2 unspecified atom stereocenters. The van der Waals surface area contributed by atoms with Crippen LogP contribution in [0.4, 0.5) is 14.5 Å². The van der Waals surface area contributed by atoms with Gasteiger partial charge in [0.1, 0.15) is 18.2 Å². The molecule has 0 saturated carbocycles. The first-order valence-electron chi connectivity index (χ1n) is 6.04. The van der Waals surface area contributed by atoms with Gasteiger partial charge in [-0.1, -0.05) is 0 Å². The number of nitrogen functional groups attached to an aromatic ring is 1. The Balaban J connectivity index is 1.98. The van der Waals surface area contributed by atoms with Gasteiger partial charge >= 0.3 is 5.97 Å². The van der Waals surface area contributed by atoms with Gasteiger partial charge in [-0.05, 0) is 25.8 Å². The fourth-order valence-electron chi connectivity index (χ4n) is 1.97. The minimum Gasteiger partial charge on any atom is -0.459 e. The maximum absolute atomic E-state index is 13.5. The number of carbonyl (C=O) groups is 1. The van der Waals surface area contributed by atoms with E-state index in [-0.39, 0.29) is 24.5 Å². The van der Waals surface area contributed by atoms with Crippen molar-refractivity contribution in [1.82, 2.24) is 0 Å². The normalized spacial score (nSPS) is 22.5. The molecule has 1 aromatic carbocycles. The Labute approximate surface area is 109 Å². The van der Waals surface area contributed by atoms with E-state index in [1.54, 1.807) is 0 Å². The van der Waals surface area contributed by atoms with Crippen molar-refractivity contribution in [3.05, 3.63) is 29.3 Å². The Morgan fingerprint density at radius 3 is 2.79 bits per heavy atom. The molecule has 1 aromatic rings. The van der Waals surface area contributed by atoms with E-state index in [0.717, 1.165) is 25.0 Å². The molecule has 2 N–H and O–H groups in total. The van der Waals surface area contributed by atoms with Crippen LogP contribution in [-0.2, 0) is 9.47 Å². The van der Waals surface area contributed by atoms with Crippen LogP contribution in [-0.4, -0.2) is 24.8 Å². The zero-order valence-corrected chi connectivity index (χ0v) is 10.5. The van der Waals surface area contributed by atoms with E-state index in [1.165, 1.54) is 0 Å². The largest absolute Gasteiger partial charge is 0.459 e. The standard InChI is InChI=1S/C13H15F2NO3/c1-7-2-3-8(19-7)6-18-13(17)9-4-11(15)12(16)5-10(9)14/h4-5,7-8H,2-3,6,16H2,1H3. The number of hydrogen-bond donors (Lipinski definition) is 1. The lowest BCUT2D eigenvalue weighted by molar-refractivity contribution is -0.00293. The van der Waals surface area contributed by atoms with Gasteiger partial charge < -0.3 is 15.2 Å². The highest BCUT2D eigenvalue weighted by atomic mass is 19.1. The van der Waals surface area contributed by atoms with Gasteiger partial charge in [0, 0.05) is 6.07 Å². The minimum atomic E-state index is -0.917. The van der Waals surface area contributed by atoms with E-state index in [2.05, 4.69) is 0 Å². The molecule has 1 aliphatic heterocycles. The molecule has 4 nitrogen and oxygen atoms in total. The Kier molecular flexibility index (Phi) is 3.99. The number of ether oxygens (including phenoxy) is 2. The van der Waals surface area contributed by atoms with Crippen LogP contribution in [0.2, 0.25) is 0 Å². The summed E-state index contributed by atoms with van der Waals surface area (Å²) >= 11 is 0. The van der Waals surface area contributed by atoms with Crippen LogP contribution in [0.15, 0.2) is 12.1 Å². The number of anilines is 1. The SMILES string of the molecule is CC1CCC(COC(=O)c2cc(F)c(N)cc2F)O1. The van der Waals surface area contributed by atoms with Gasteiger partial charge in [-0.2, -0.15) is 0 Å². The van der Waals surface area contributed by atoms with Crippen molar-refractivity contribution in [2.75, 3.05) is 12.3 Å². The lowest BCUT2D eigenvalue weighted by Crippen LogP contribution is -2.19. The predicted molar refractivity (Wildman–Crippen MR) is 64.6 cm³/mol. The summed E-state index contributed by atoms with van der Waals surface area (Å²) in [5.41, 5.74) is 4.39. The molecule has 2 rings (SSSR count). The molecule has 0 spiro atoms. The molecule has 1 saturated heterocycles. The number of carbonyl (C=O) groups excluding carboxylic acids is 1. The van der Waals surface area contributed by atoms with Gasteiger partial charge in [-0.3, -0.25) is 0 Å². The summed E-state index contributed by atoms with van der Waals surface area (Å²) in [5.74, 6) is -2.66. The molecular weight excluding hydrogens is 256 g/mol. The molecule has 1 heterocycles. The number of rotatable bonds is 3. The predicted octanol–water partition coefficient (Wildman–Crippen LogP) is 2.27. The Morgan fingerprint density at radius 1 is 1.42 bits per heavy atom. The minimum absolute atomic E-state index is 0.0363. The average Bonchev–Trinajstić information content (AvgIpc) is 2.77. The van der Waals surface area contributed by atoms with Crippen molar-refractivity contribution in [2.45, 2.75) is 32.0 Å². The fourth-order valence-corrected chi connectivity index (χ4v) is 1.97. The first-order chi connectivity index (χ1) is 8.97. The second kappa shape index (κ2) is 5.52.